The van der Waals surface area contributed by atoms with Crippen molar-refractivity contribution >= 4 is 23.0 Å². The zero-order chi connectivity index (χ0) is 14.7. The van der Waals surface area contributed by atoms with E-state index in [1.165, 1.54) is 12.1 Å². The summed E-state index contributed by atoms with van der Waals surface area (Å²) in [6, 6.07) is 10.8. The third-order valence-electron chi connectivity index (χ3n) is 2.91. The third kappa shape index (κ3) is 3.05. The fraction of sp³-hybridized carbons (Fsp3) is 0.143. The predicted octanol–water partition coefficient (Wildman–Crippen LogP) is 4.56. The van der Waals surface area contributed by atoms with Crippen molar-refractivity contribution in [3.63, 3.8) is 0 Å². The summed E-state index contributed by atoms with van der Waals surface area (Å²) in [4.78, 5) is 10.2. The standard InChI is InChI=1S/C14H12ClFN2O2/c1-9(10-5-7-11(15)8-6-10)17-13-4-2-3-12(16)14(13)18(19)20/h2-9,17H,1H3. The quantitative estimate of drug-likeness (QED) is 0.664. The Balaban J connectivity index is 2.28. The normalized spacial score (nSPS) is 11.9. The highest BCUT2D eigenvalue weighted by atomic mass is 35.5. The first-order chi connectivity index (χ1) is 9.49. The van der Waals surface area contributed by atoms with Crippen molar-refractivity contribution in [1.29, 1.82) is 0 Å². The van der Waals surface area contributed by atoms with Crippen LogP contribution in [0.2, 0.25) is 5.02 Å². The molecule has 0 aliphatic rings. The second-order valence-corrected chi connectivity index (χ2v) is 4.75. The number of hydrogen-bond donors (Lipinski definition) is 1. The summed E-state index contributed by atoms with van der Waals surface area (Å²) in [5.41, 5.74) is 0.499. The molecule has 6 heteroatoms. The molecule has 0 bridgehead atoms. The number of halogens is 2. The number of anilines is 1. The molecule has 2 aromatic carbocycles. The number of nitro groups is 1. The van der Waals surface area contributed by atoms with Crippen LogP contribution in [0.4, 0.5) is 15.8 Å². The molecule has 0 saturated heterocycles. The second-order valence-electron chi connectivity index (χ2n) is 4.31. The molecule has 0 aliphatic carbocycles. The molecule has 1 N–H and O–H groups in total. The zero-order valence-electron chi connectivity index (χ0n) is 10.6. The van der Waals surface area contributed by atoms with Crippen LogP contribution in [0.15, 0.2) is 42.5 Å². The van der Waals surface area contributed by atoms with Gasteiger partial charge in [0.2, 0.25) is 5.82 Å². The van der Waals surface area contributed by atoms with E-state index in [-0.39, 0.29) is 11.7 Å². The largest absolute Gasteiger partial charge is 0.373 e. The third-order valence-corrected chi connectivity index (χ3v) is 3.16. The van der Waals surface area contributed by atoms with Gasteiger partial charge in [0, 0.05) is 11.1 Å². The lowest BCUT2D eigenvalue weighted by molar-refractivity contribution is -0.386. The molecule has 0 saturated carbocycles. The second kappa shape index (κ2) is 5.88. The Morgan fingerprint density at radius 2 is 1.90 bits per heavy atom. The first-order valence-electron chi connectivity index (χ1n) is 5.94. The molecule has 0 radical (unpaired) electrons. The van der Waals surface area contributed by atoms with E-state index in [0.29, 0.717) is 5.02 Å². The number of benzene rings is 2. The summed E-state index contributed by atoms with van der Waals surface area (Å²) in [6.07, 6.45) is 0. The number of rotatable bonds is 4. The highest BCUT2D eigenvalue weighted by molar-refractivity contribution is 6.30. The molecule has 0 spiro atoms. The zero-order valence-corrected chi connectivity index (χ0v) is 11.4. The fourth-order valence-corrected chi connectivity index (χ4v) is 2.01. The summed E-state index contributed by atoms with van der Waals surface area (Å²) in [5, 5.41) is 14.5. The van der Waals surface area contributed by atoms with Crippen LogP contribution >= 0.6 is 11.6 Å². The van der Waals surface area contributed by atoms with Crippen LogP contribution in [-0.2, 0) is 0 Å². The summed E-state index contributed by atoms with van der Waals surface area (Å²) in [7, 11) is 0. The van der Waals surface area contributed by atoms with Gasteiger partial charge in [-0.25, -0.2) is 0 Å². The molecule has 1 unspecified atom stereocenters. The van der Waals surface area contributed by atoms with Gasteiger partial charge in [-0.1, -0.05) is 29.8 Å². The van der Waals surface area contributed by atoms with Gasteiger partial charge in [-0.2, -0.15) is 4.39 Å². The van der Waals surface area contributed by atoms with Crippen molar-refractivity contribution in [3.05, 3.63) is 69.0 Å². The van der Waals surface area contributed by atoms with Gasteiger partial charge >= 0.3 is 5.69 Å². The van der Waals surface area contributed by atoms with Crippen molar-refractivity contribution in [3.8, 4) is 0 Å². The van der Waals surface area contributed by atoms with E-state index in [2.05, 4.69) is 5.32 Å². The molecule has 0 heterocycles. The molecule has 0 aliphatic heterocycles. The van der Waals surface area contributed by atoms with E-state index in [1.54, 1.807) is 12.1 Å². The molecule has 104 valence electrons. The molecule has 4 nitrogen and oxygen atoms in total. The molecule has 1 atom stereocenters. The highest BCUT2D eigenvalue weighted by Crippen LogP contribution is 2.30. The fourth-order valence-electron chi connectivity index (χ4n) is 1.89. The molecule has 0 fully saturated rings. The van der Waals surface area contributed by atoms with Gasteiger partial charge in [0.15, 0.2) is 0 Å². The minimum Gasteiger partial charge on any atom is -0.373 e. The van der Waals surface area contributed by atoms with Crippen LogP contribution in [0.1, 0.15) is 18.5 Å². The van der Waals surface area contributed by atoms with E-state index in [9.17, 15) is 14.5 Å². The molecular formula is C14H12ClFN2O2. The Morgan fingerprint density at radius 3 is 2.50 bits per heavy atom. The lowest BCUT2D eigenvalue weighted by Crippen LogP contribution is -2.09. The Morgan fingerprint density at radius 1 is 1.25 bits per heavy atom. The van der Waals surface area contributed by atoms with E-state index in [0.717, 1.165) is 11.6 Å². The number of para-hydroxylation sites is 1. The first-order valence-corrected chi connectivity index (χ1v) is 6.31. The van der Waals surface area contributed by atoms with E-state index in [1.807, 2.05) is 19.1 Å². The first kappa shape index (κ1) is 14.3. The Labute approximate surface area is 120 Å². The van der Waals surface area contributed by atoms with Crippen molar-refractivity contribution < 1.29 is 9.31 Å². The summed E-state index contributed by atoms with van der Waals surface area (Å²) >= 11 is 5.80. The molecule has 20 heavy (non-hydrogen) atoms. The summed E-state index contributed by atoms with van der Waals surface area (Å²) in [5.74, 6) is -0.858. The number of nitrogens with one attached hydrogen (secondary N) is 1. The van der Waals surface area contributed by atoms with Gasteiger partial charge in [-0.3, -0.25) is 10.1 Å². The van der Waals surface area contributed by atoms with Crippen LogP contribution < -0.4 is 5.32 Å². The van der Waals surface area contributed by atoms with Gasteiger partial charge in [0.1, 0.15) is 5.69 Å². The molecular weight excluding hydrogens is 283 g/mol. The van der Waals surface area contributed by atoms with Gasteiger partial charge < -0.3 is 5.32 Å². The summed E-state index contributed by atoms with van der Waals surface area (Å²) < 4.78 is 13.5. The minimum absolute atomic E-state index is 0.150. The maximum absolute atomic E-state index is 13.5. The van der Waals surface area contributed by atoms with E-state index < -0.39 is 16.4 Å². The maximum atomic E-state index is 13.5. The monoisotopic (exact) mass is 294 g/mol. The number of nitro benzene ring substituents is 1. The SMILES string of the molecule is CC(Nc1cccc(F)c1[N+](=O)[O-])c1ccc(Cl)cc1. The topological polar surface area (TPSA) is 55.2 Å². The van der Waals surface area contributed by atoms with E-state index in [4.69, 9.17) is 11.6 Å². The smallest absolute Gasteiger partial charge is 0.327 e. The highest BCUT2D eigenvalue weighted by Gasteiger charge is 2.21. The van der Waals surface area contributed by atoms with Gasteiger partial charge in [0.25, 0.3) is 0 Å². The Kier molecular flexibility index (Phi) is 4.20. The average Bonchev–Trinajstić information content (AvgIpc) is 2.39. The van der Waals surface area contributed by atoms with Crippen LogP contribution in [-0.4, -0.2) is 4.92 Å². The van der Waals surface area contributed by atoms with Crippen LogP contribution in [0.5, 0.6) is 0 Å². The van der Waals surface area contributed by atoms with Crippen LogP contribution in [0.25, 0.3) is 0 Å². The molecule has 2 rings (SSSR count). The number of nitrogens with zero attached hydrogens (tertiary/aromatic N) is 1. The van der Waals surface area contributed by atoms with Crippen molar-refractivity contribution in [2.24, 2.45) is 0 Å². The van der Waals surface area contributed by atoms with Crippen molar-refractivity contribution in [2.75, 3.05) is 5.32 Å². The molecule has 2 aromatic rings. The average molecular weight is 295 g/mol. The molecule has 0 aromatic heterocycles. The van der Waals surface area contributed by atoms with Crippen molar-refractivity contribution in [1.82, 2.24) is 0 Å². The Hall–Kier alpha value is -2.14. The molecule has 0 amide bonds. The van der Waals surface area contributed by atoms with Gasteiger partial charge in [-0.05, 0) is 36.8 Å². The van der Waals surface area contributed by atoms with Crippen LogP contribution in [0, 0.1) is 15.9 Å². The lowest BCUT2D eigenvalue weighted by atomic mass is 10.1. The van der Waals surface area contributed by atoms with Gasteiger partial charge in [0.05, 0.1) is 4.92 Å². The predicted molar refractivity (Wildman–Crippen MR) is 76.5 cm³/mol. The minimum atomic E-state index is -0.858. The Bertz CT molecular complexity index is 632. The number of hydrogen-bond acceptors (Lipinski definition) is 3. The maximum Gasteiger partial charge on any atom is 0.327 e. The van der Waals surface area contributed by atoms with E-state index >= 15 is 0 Å². The van der Waals surface area contributed by atoms with Crippen LogP contribution in [0.3, 0.4) is 0 Å². The summed E-state index contributed by atoms with van der Waals surface area (Å²) in [6.45, 7) is 1.83. The van der Waals surface area contributed by atoms with Gasteiger partial charge in [-0.15, -0.1) is 0 Å². The lowest BCUT2D eigenvalue weighted by Gasteiger charge is -2.16. The van der Waals surface area contributed by atoms with Crippen molar-refractivity contribution in [2.45, 2.75) is 13.0 Å².